The van der Waals surface area contributed by atoms with Crippen LogP contribution in [0.15, 0.2) is 54.6 Å². The molecule has 0 radical (unpaired) electrons. The zero-order valence-corrected chi connectivity index (χ0v) is 12.6. The molecule has 0 unspecified atom stereocenters. The van der Waals surface area contributed by atoms with Crippen LogP contribution in [-0.4, -0.2) is 19.0 Å². The smallest absolute Gasteiger partial charge is 0.417 e. The molecule has 0 aliphatic carbocycles. The molecule has 0 spiro atoms. The van der Waals surface area contributed by atoms with E-state index in [4.69, 9.17) is 0 Å². The van der Waals surface area contributed by atoms with Gasteiger partial charge in [-0.05, 0) is 17.7 Å². The minimum atomic E-state index is -4.68. The van der Waals surface area contributed by atoms with Gasteiger partial charge in [-0.3, -0.25) is 4.79 Å². The lowest BCUT2D eigenvalue weighted by Crippen LogP contribution is -2.35. The lowest BCUT2D eigenvalue weighted by atomic mass is 10.0. The van der Waals surface area contributed by atoms with Crippen molar-refractivity contribution < 1.29 is 27.5 Å². The number of esters is 1. The number of methoxy groups -OCH3 is 1. The van der Waals surface area contributed by atoms with Gasteiger partial charge in [0.2, 0.25) is 0 Å². The second-order valence-electron chi connectivity index (χ2n) is 4.88. The molecule has 2 aromatic rings. The van der Waals surface area contributed by atoms with Crippen molar-refractivity contribution >= 4 is 11.9 Å². The van der Waals surface area contributed by atoms with Gasteiger partial charge in [0, 0.05) is 0 Å². The van der Waals surface area contributed by atoms with E-state index in [1.54, 1.807) is 30.3 Å². The number of ether oxygens (including phenoxy) is 1. The highest BCUT2D eigenvalue weighted by Gasteiger charge is 2.35. The summed E-state index contributed by atoms with van der Waals surface area (Å²) >= 11 is 0. The summed E-state index contributed by atoms with van der Waals surface area (Å²) in [6, 6.07) is 11.3. The third-order valence-corrected chi connectivity index (χ3v) is 3.32. The summed E-state index contributed by atoms with van der Waals surface area (Å²) < 4.78 is 43.7. The number of nitrogens with one attached hydrogen (secondary N) is 1. The fourth-order valence-corrected chi connectivity index (χ4v) is 2.18. The molecule has 0 saturated heterocycles. The van der Waals surface area contributed by atoms with E-state index < -0.39 is 35.2 Å². The van der Waals surface area contributed by atoms with Gasteiger partial charge in [-0.25, -0.2) is 4.79 Å². The second-order valence-corrected chi connectivity index (χ2v) is 4.88. The number of hydrogen-bond acceptors (Lipinski definition) is 3. The summed E-state index contributed by atoms with van der Waals surface area (Å²) in [6.45, 7) is 0. The van der Waals surface area contributed by atoms with Crippen molar-refractivity contribution in [1.29, 1.82) is 0 Å². The van der Waals surface area contributed by atoms with Crippen LogP contribution in [0, 0.1) is 0 Å². The summed E-state index contributed by atoms with van der Waals surface area (Å²) in [7, 11) is 1.13. The molecule has 0 aliphatic heterocycles. The highest BCUT2D eigenvalue weighted by atomic mass is 19.4. The molecule has 0 bridgehead atoms. The van der Waals surface area contributed by atoms with Gasteiger partial charge in [-0.15, -0.1) is 0 Å². The van der Waals surface area contributed by atoms with Gasteiger partial charge in [0.1, 0.15) is 0 Å². The monoisotopic (exact) mass is 337 g/mol. The first kappa shape index (κ1) is 17.5. The van der Waals surface area contributed by atoms with Crippen molar-refractivity contribution in [2.24, 2.45) is 0 Å². The maximum absolute atomic E-state index is 13.0. The summed E-state index contributed by atoms with van der Waals surface area (Å²) in [4.78, 5) is 24.2. The molecule has 0 aromatic heterocycles. The van der Waals surface area contributed by atoms with Crippen molar-refractivity contribution in [3.63, 3.8) is 0 Å². The summed E-state index contributed by atoms with van der Waals surface area (Å²) in [5, 5.41) is 2.30. The third kappa shape index (κ3) is 3.92. The maximum atomic E-state index is 13.0. The molecule has 24 heavy (non-hydrogen) atoms. The van der Waals surface area contributed by atoms with E-state index in [-0.39, 0.29) is 0 Å². The first-order chi connectivity index (χ1) is 11.3. The molecule has 7 heteroatoms. The average Bonchev–Trinajstić information content (AvgIpc) is 2.58. The molecule has 1 atom stereocenters. The molecule has 2 aromatic carbocycles. The van der Waals surface area contributed by atoms with Gasteiger partial charge in [0.05, 0.1) is 18.2 Å². The molecule has 0 saturated carbocycles. The Kier molecular flexibility index (Phi) is 5.23. The lowest BCUT2D eigenvalue weighted by Gasteiger charge is -2.18. The summed E-state index contributed by atoms with van der Waals surface area (Å²) in [6.07, 6.45) is -4.68. The Hall–Kier alpha value is -2.83. The predicted molar refractivity (Wildman–Crippen MR) is 80.1 cm³/mol. The Bertz CT molecular complexity index is 729. The predicted octanol–water partition coefficient (Wildman–Crippen LogP) is 3.35. The number of carbonyl (C=O) groups is 2. The van der Waals surface area contributed by atoms with Gasteiger partial charge in [0.15, 0.2) is 6.04 Å². The number of alkyl halides is 3. The molecule has 0 heterocycles. The van der Waals surface area contributed by atoms with Crippen LogP contribution in [-0.2, 0) is 15.7 Å². The van der Waals surface area contributed by atoms with Crippen molar-refractivity contribution in [2.75, 3.05) is 7.11 Å². The largest absolute Gasteiger partial charge is 0.467 e. The highest BCUT2D eigenvalue weighted by molar-refractivity contribution is 5.98. The Morgan fingerprint density at radius 1 is 1.00 bits per heavy atom. The van der Waals surface area contributed by atoms with E-state index >= 15 is 0 Å². The van der Waals surface area contributed by atoms with Crippen molar-refractivity contribution in [1.82, 2.24) is 5.32 Å². The van der Waals surface area contributed by atoms with Crippen molar-refractivity contribution in [2.45, 2.75) is 12.2 Å². The molecular weight excluding hydrogens is 323 g/mol. The third-order valence-electron chi connectivity index (χ3n) is 3.32. The number of benzene rings is 2. The van der Waals surface area contributed by atoms with Crippen LogP contribution in [0.4, 0.5) is 13.2 Å². The fourth-order valence-electron chi connectivity index (χ4n) is 2.18. The molecular formula is C17H14F3NO3. The van der Waals surface area contributed by atoms with Gasteiger partial charge in [0.25, 0.3) is 5.91 Å². The van der Waals surface area contributed by atoms with Crippen molar-refractivity contribution in [3.8, 4) is 0 Å². The molecule has 0 fully saturated rings. The number of hydrogen-bond donors (Lipinski definition) is 1. The van der Waals surface area contributed by atoms with E-state index in [1.165, 1.54) is 12.1 Å². The normalized spacial score (nSPS) is 12.3. The summed E-state index contributed by atoms with van der Waals surface area (Å²) in [5.41, 5.74) is -1.23. The first-order valence-corrected chi connectivity index (χ1v) is 6.94. The molecule has 1 amide bonds. The Morgan fingerprint density at radius 3 is 2.17 bits per heavy atom. The van der Waals surface area contributed by atoms with E-state index in [1.807, 2.05) is 0 Å². The van der Waals surface area contributed by atoms with E-state index in [0.29, 0.717) is 5.56 Å². The number of rotatable bonds is 4. The van der Waals surface area contributed by atoms with Crippen molar-refractivity contribution in [3.05, 3.63) is 71.3 Å². The first-order valence-electron chi connectivity index (χ1n) is 6.94. The number of carbonyl (C=O) groups excluding carboxylic acids is 2. The Balaban J connectivity index is 2.35. The number of halogens is 3. The van der Waals surface area contributed by atoms with Crippen LogP contribution in [0.2, 0.25) is 0 Å². The van der Waals surface area contributed by atoms with Crippen LogP contribution in [0.5, 0.6) is 0 Å². The second kappa shape index (κ2) is 7.16. The van der Waals surface area contributed by atoms with Gasteiger partial charge < -0.3 is 10.1 Å². The van der Waals surface area contributed by atoms with Gasteiger partial charge >= 0.3 is 12.1 Å². The fraction of sp³-hybridized carbons (Fsp3) is 0.176. The van der Waals surface area contributed by atoms with Crippen LogP contribution in [0.25, 0.3) is 0 Å². The highest BCUT2D eigenvalue weighted by Crippen LogP contribution is 2.32. The van der Waals surface area contributed by atoms with Crippen LogP contribution in [0.1, 0.15) is 27.5 Å². The van der Waals surface area contributed by atoms with E-state index in [2.05, 4.69) is 10.1 Å². The Labute approximate surface area is 136 Å². The molecule has 2 rings (SSSR count). The zero-order chi connectivity index (χ0) is 17.7. The van der Waals surface area contributed by atoms with Gasteiger partial charge in [-0.1, -0.05) is 42.5 Å². The SMILES string of the molecule is COC(=O)[C@H](NC(=O)c1ccccc1C(F)(F)F)c1ccccc1. The zero-order valence-electron chi connectivity index (χ0n) is 12.6. The quantitative estimate of drug-likeness (QED) is 0.871. The van der Waals surface area contributed by atoms with Crippen LogP contribution < -0.4 is 5.32 Å². The average molecular weight is 337 g/mol. The number of amides is 1. The molecule has 0 aliphatic rings. The van der Waals surface area contributed by atoms with E-state index in [0.717, 1.165) is 19.2 Å². The molecule has 126 valence electrons. The van der Waals surface area contributed by atoms with Crippen LogP contribution >= 0.6 is 0 Å². The van der Waals surface area contributed by atoms with E-state index in [9.17, 15) is 22.8 Å². The van der Waals surface area contributed by atoms with Crippen LogP contribution in [0.3, 0.4) is 0 Å². The minimum Gasteiger partial charge on any atom is -0.467 e. The lowest BCUT2D eigenvalue weighted by molar-refractivity contribution is -0.143. The maximum Gasteiger partial charge on any atom is 0.417 e. The Morgan fingerprint density at radius 2 is 1.58 bits per heavy atom. The summed E-state index contributed by atoms with van der Waals surface area (Å²) in [5.74, 6) is -1.79. The standard InChI is InChI=1S/C17H14F3NO3/c1-24-16(23)14(11-7-3-2-4-8-11)21-15(22)12-9-5-6-10-13(12)17(18,19)20/h2-10,14H,1H3,(H,21,22)/t14-/m1/s1. The molecule has 4 nitrogen and oxygen atoms in total. The molecule has 1 N–H and O–H groups in total. The minimum absolute atomic E-state index is 0.405. The van der Waals surface area contributed by atoms with Gasteiger partial charge in [-0.2, -0.15) is 13.2 Å². The topological polar surface area (TPSA) is 55.4 Å².